The fraction of sp³-hybridized carbons (Fsp3) is 0.696. The first-order valence-corrected chi connectivity index (χ1v) is 12.0. The van der Waals surface area contributed by atoms with Crippen molar-refractivity contribution in [2.24, 2.45) is 5.92 Å². The fourth-order valence-corrected chi connectivity index (χ4v) is 5.66. The predicted octanol–water partition coefficient (Wildman–Crippen LogP) is 4.84. The molecule has 8 heteroatoms. The van der Waals surface area contributed by atoms with Gasteiger partial charge in [0.1, 0.15) is 17.9 Å². The van der Waals surface area contributed by atoms with Gasteiger partial charge in [0.2, 0.25) is 0 Å². The Balaban J connectivity index is 1.39. The Labute approximate surface area is 188 Å². The molecule has 5 rings (SSSR count). The van der Waals surface area contributed by atoms with Crippen molar-refractivity contribution in [2.45, 2.75) is 63.3 Å². The minimum atomic E-state index is -0.614. The van der Waals surface area contributed by atoms with Crippen LogP contribution in [0.3, 0.4) is 0 Å². The summed E-state index contributed by atoms with van der Waals surface area (Å²) in [5, 5.41) is 0.397. The molecule has 4 heterocycles. The molecule has 1 saturated carbocycles. The van der Waals surface area contributed by atoms with Crippen molar-refractivity contribution in [3.05, 3.63) is 17.2 Å². The molecule has 0 atom stereocenters. The van der Waals surface area contributed by atoms with Crippen molar-refractivity contribution in [1.29, 1.82) is 0 Å². The molecule has 0 bridgehead atoms. The van der Waals surface area contributed by atoms with Gasteiger partial charge in [-0.2, -0.15) is 9.97 Å². The van der Waals surface area contributed by atoms with Crippen LogP contribution in [0, 0.1) is 11.7 Å². The molecule has 1 aliphatic carbocycles. The second kappa shape index (κ2) is 8.66. The summed E-state index contributed by atoms with van der Waals surface area (Å²) in [6, 6.07) is 0.225. The highest BCUT2D eigenvalue weighted by Crippen LogP contribution is 2.39. The topological polar surface area (TPSA) is 54.4 Å². The van der Waals surface area contributed by atoms with Gasteiger partial charge in [0, 0.05) is 19.8 Å². The number of nitrogens with zero attached hydrogens (tertiary/aromatic N) is 5. The van der Waals surface area contributed by atoms with E-state index in [0.29, 0.717) is 17.8 Å². The lowest BCUT2D eigenvalue weighted by Crippen LogP contribution is -2.43. The van der Waals surface area contributed by atoms with Gasteiger partial charge in [-0.25, -0.2) is 9.37 Å². The largest absolute Gasteiger partial charge is 0.461 e. The van der Waals surface area contributed by atoms with E-state index in [1.807, 2.05) is 7.05 Å². The number of hydrogen-bond donors (Lipinski definition) is 0. The third kappa shape index (κ3) is 4.07. The highest BCUT2D eigenvalue weighted by Gasteiger charge is 2.45. The van der Waals surface area contributed by atoms with E-state index in [9.17, 15) is 4.39 Å². The Kier molecular flexibility index (Phi) is 5.90. The van der Waals surface area contributed by atoms with Crippen LogP contribution in [0.5, 0.6) is 6.01 Å². The Morgan fingerprint density at radius 2 is 2.00 bits per heavy atom. The number of ether oxygens (including phenoxy) is 1. The van der Waals surface area contributed by atoms with Gasteiger partial charge in [-0.15, -0.1) is 0 Å². The lowest BCUT2D eigenvalue weighted by Gasteiger charge is -2.31. The zero-order valence-corrected chi connectivity index (χ0v) is 19.0. The Hall–Kier alpha value is -1.73. The number of halogens is 2. The van der Waals surface area contributed by atoms with Crippen molar-refractivity contribution in [3.63, 3.8) is 0 Å². The first-order chi connectivity index (χ1) is 15.1. The standard InChI is InChI=1S/C23H31ClFN5O/c1-29(11-3-8-16-6-2-7-16)21-17-14-26-20(24)18(25)19(17)27-22(28-21)31-15-23-9-4-12-30(23)13-5-10-23/h14,16H,2-13,15H2,1H3. The van der Waals surface area contributed by atoms with Crippen LogP contribution in [-0.2, 0) is 0 Å². The van der Waals surface area contributed by atoms with Gasteiger partial charge in [-0.3, -0.25) is 4.90 Å². The van der Waals surface area contributed by atoms with Crippen LogP contribution in [0.2, 0.25) is 5.15 Å². The monoisotopic (exact) mass is 447 g/mol. The van der Waals surface area contributed by atoms with Crippen LogP contribution in [0.15, 0.2) is 6.20 Å². The predicted molar refractivity (Wildman–Crippen MR) is 120 cm³/mol. The second-order valence-corrected chi connectivity index (χ2v) is 9.88. The maximum absolute atomic E-state index is 14.8. The molecule has 3 aliphatic rings. The SMILES string of the molecule is CN(CCCC1CCC1)c1nc(OCC23CCCN2CCC3)nc2c(F)c(Cl)ncc12. The summed E-state index contributed by atoms with van der Waals surface area (Å²) >= 11 is 5.96. The molecule has 6 nitrogen and oxygen atoms in total. The summed E-state index contributed by atoms with van der Waals surface area (Å²) < 4.78 is 21.0. The van der Waals surface area contributed by atoms with Crippen molar-refractivity contribution in [1.82, 2.24) is 19.9 Å². The zero-order chi connectivity index (χ0) is 21.4. The van der Waals surface area contributed by atoms with Gasteiger partial charge < -0.3 is 9.64 Å². The summed E-state index contributed by atoms with van der Waals surface area (Å²) in [5.74, 6) is 0.910. The van der Waals surface area contributed by atoms with E-state index in [1.54, 1.807) is 6.20 Å². The quantitative estimate of drug-likeness (QED) is 0.539. The first kappa shape index (κ1) is 21.1. The smallest absolute Gasteiger partial charge is 0.319 e. The van der Waals surface area contributed by atoms with Crippen LogP contribution >= 0.6 is 11.6 Å². The molecular weight excluding hydrogens is 417 g/mol. The lowest BCUT2D eigenvalue weighted by molar-refractivity contribution is 0.108. The Bertz CT molecular complexity index is 943. The molecule has 0 N–H and O–H groups in total. The number of hydrogen-bond acceptors (Lipinski definition) is 6. The molecule has 3 fully saturated rings. The summed E-state index contributed by atoms with van der Waals surface area (Å²) in [5.41, 5.74) is 0.264. The Morgan fingerprint density at radius 3 is 2.71 bits per heavy atom. The summed E-state index contributed by atoms with van der Waals surface area (Å²) in [7, 11) is 1.99. The minimum absolute atomic E-state index is 0.0849. The number of anilines is 1. The molecule has 0 aromatic carbocycles. The molecule has 168 valence electrons. The number of rotatable bonds is 8. The number of pyridine rings is 1. The second-order valence-electron chi connectivity index (χ2n) is 9.52. The summed E-state index contributed by atoms with van der Waals surface area (Å²) in [6.45, 7) is 3.66. The highest BCUT2D eigenvalue weighted by molar-refractivity contribution is 6.30. The average Bonchev–Trinajstić information content (AvgIpc) is 3.31. The minimum Gasteiger partial charge on any atom is -0.461 e. The highest BCUT2D eigenvalue weighted by atomic mass is 35.5. The van der Waals surface area contributed by atoms with E-state index < -0.39 is 5.82 Å². The molecule has 0 radical (unpaired) electrons. The van der Waals surface area contributed by atoms with Crippen LogP contribution in [-0.4, -0.2) is 58.7 Å². The fourth-order valence-electron chi connectivity index (χ4n) is 5.52. The zero-order valence-electron chi connectivity index (χ0n) is 18.2. The van der Waals surface area contributed by atoms with Crippen molar-refractivity contribution in [2.75, 3.05) is 38.2 Å². The molecule has 2 aromatic heterocycles. The van der Waals surface area contributed by atoms with Gasteiger partial charge >= 0.3 is 6.01 Å². The third-order valence-corrected chi connectivity index (χ3v) is 7.84. The van der Waals surface area contributed by atoms with E-state index in [1.165, 1.54) is 38.5 Å². The molecule has 0 amide bonds. The summed E-state index contributed by atoms with van der Waals surface area (Å²) in [6.07, 6.45) is 12.6. The van der Waals surface area contributed by atoms with Gasteiger partial charge in [0.05, 0.1) is 10.9 Å². The molecule has 2 aliphatic heterocycles. The van der Waals surface area contributed by atoms with Crippen LogP contribution in [0.25, 0.3) is 10.9 Å². The molecule has 2 saturated heterocycles. The van der Waals surface area contributed by atoms with Crippen molar-refractivity contribution in [3.8, 4) is 6.01 Å². The first-order valence-electron chi connectivity index (χ1n) is 11.7. The normalized spacial score (nSPS) is 20.7. The van der Waals surface area contributed by atoms with E-state index in [-0.39, 0.29) is 22.2 Å². The number of aromatic nitrogens is 3. The molecule has 2 aromatic rings. The molecule has 0 unspecified atom stereocenters. The van der Waals surface area contributed by atoms with E-state index in [4.69, 9.17) is 21.3 Å². The maximum Gasteiger partial charge on any atom is 0.319 e. The van der Waals surface area contributed by atoms with Gasteiger partial charge in [-0.1, -0.05) is 30.9 Å². The third-order valence-electron chi connectivity index (χ3n) is 7.57. The van der Waals surface area contributed by atoms with Crippen molar-refractivity contribution >= 4 is 28.3 Å². The van der Waals surface area contributed by atoms with Crippen molar-refractivity contribution < 1.29 is 9.13 Å². The van der Waals surface area contributed by atoms with Crippen LogP contribution in [0.1, 0.15) is 57.8 Å². The molecule has 31 heavy (non-hydrogen) atoms. The average molecular weight is 448 g/mol. The summed E-state index contributed by atoms with van der Waals surface area (Å²) in [4.78, 5) is 17.7. The molecule has 0 spiro atoms. The lowest BCUT2D eigenvalue weighted by atomic mass is 9.82. The van der Waals surface area contributed by atoms with Crippen LogP contribution < -0.4 is 9.64 Å². The molecular formula is C23H31ClFN5O. The Morgan fingerprint density at radius 1 is 1.23 bits per heavy atom. The van der Waals surface area contributed by atoms with E-state index >= 15 is 0 Å². The van der Waals surface area contributed by atoms with Gasteiger partial charge in [0.15, 0.2) is 11.0 Å². The van der Waals surface area contributed by atoms with Gasteiger partial charge in [-0.05, 0) is 57.5 Å². The number of fused-ring (bicyclic) bond motifs is 2. The van der Waals surface area contributed by atoms with E-state index in [0.717, 1.165) is 44.8 Å². The van der Waals surface area contributed by atoms with E-state index in [2.05, 4.69) is 19.8 Å². The maximum atomic E-state index is 14.8. The van der Waals surface area contributed by atoms with Crippen LogP contribution in [0.4, 0.5) is 10.2 Å². The van der Waals surface area contributed by atoms with Gasteiger partial charge in [0.25, 0.3) is 0 Å².